The van der Waals surface area contributed by atoms with Crippen LogP contribution in [0.4, 0.5) is 19.2 Å². The summed E-state index contributed by atoms with van der Waals surface area (Å²) < 4.78 is 156. The van der Waals surface area contributed by atoms with Crippen LogP contribution in [0.5, 0.6) is 0 Å². The topological polar surface area (TPSA) is 470 Å². The van der Waals surface area contributed by atoms with Gasteiger partial charge in [-0.1, -0.05) is 41.5 Å². The van der Waals surface area contributed by atoms with E-state index in [4.69, 9.17) is 88.9 Å². The third-order valence-corrected chi connectivity index (χ3v) is 28.9. The van der Waals surface area contributed by atoms with E-state index in [2.05, 4.69) is 9.47 Å². The van der Waals surface area contributed by atoms with Crippen LogP contribution < -0.4 is 0 Å². The number of methoxy groups -OCH3 is 1. The fourth-order valence-corrected chi connectivity index (χ4v) is 18.9. The first-order valence-electron chi connectivity index (χ1n) is 41.3. The van der Waals surface area contributed by atoms with E-state index in [0.717, 1.165) is 13.5 Å². The van der Waals surface area contributed by atoms with Crippen LogP contribution in [0.1, 0.15) is 222 Å². The Balaban J connectivity index is 0.000000181. The third kappa shape index (κ3) is 23.0. The van der Waals surface area contributed by atoms with Crippen molar-refractivity contribution in [2.45, 2.75) is 336 Å². The van der Waals surface area contributed by atoms with Crippen molar-refractivity contribution in [3.63, 3.8) is 0 Å². The molecule has 8 aliphatic heterocycles. The van der Waals surface area contributed by atoms with E-state index in [-0.39, 0.29) is 97.0 Å². The van der Waals surface area contributed by atoms with Crippen LogP contribution in [0, 0.1) is 56.2 Å². The molecule has 0 spiro atoms. The SMILES string of the molecule is CCC(C)(C)C(=O)OC1C2CC3C1OS(=O)(=O)C3C2.CCC(C)(C)C(=O)OC1CC2CC1OC(=O)O2.CCC(C)(C)C(=O)OCC(=O)OC1C2CC3C1OS(=O)(=O)C3C2.CCC(C)(C)C(=O)OCC1(C)OC(=O)OC1N(C)C.CCC(C)(C)C(=O)OCC1OC(=O)OC1C(=O)OC.CCC(C)(C)C(=O)OCC1OC(=O)OC2C1OC1OC(C)(C)OC12. The molecule has 13 rings (SSSR count). The van der Waals surface area contributed by atoms with Crippen molar-refractivity contribution in [3.8, 4) is 0 Å². The van der Waals surface area contributed by atoms with Crippen LogP contribution in [0.3, 0.4) is 0 Å². The minimum Gasteiger partial charge on any atom is -0.466 e. The fraction of sp³-hybridized carbons (Fsp3) is 0.852. The fourth-order valence-electron chi connectivity index (χ4n) is 15.2. The van der Waals surface area contributed by atoms with Crippen molar-refractivity contribution >= 4 is 92.6 Å². The molecular weight excluding hydrogens is 1640 g/mol. The quantitative estimate of drug-likeness (QED) is 0.0467. The molecule has 688 valence electrons. The summed E-state index contributed by atoms with van der Waals surface area (Å²) in [6.07, 6.45) is -4.28. The average Bonchev–Trinajstić information content (AvgIpc) is 1.56. The Morgan fingerprint density at radius 1 is 0.455 bits per heavy atom. The molecule has 6 bridgehead atoms. The Morgan fingerprint density at radius 3 is 1.38 bits per heavy atom. The Hall–Kier alpha value is -7.50. The lowest BCUT2D eigenvalue weighted by molar-refractivity contribution is -0.241. The van der Waals surface area contributed by atoms with Crippen LogP contribution in [0.25, 0.3) is 0 Å². The molecule has 0 radical (unpaired) electrons. The summed E-state index contributed by atoms with van der Waals surface area (Å²) in [6.45, 7) is 37.4. The summed E-state index contributed by atoms with van der Waals surface area (Å²) in [6, 6.07) is 0. The Kier molecular flexibility index (Phi) is 31.2. The summed E-state index contributed by atoms with van der Waals surface area (Å²) in [4.78, 5) is 142. The maximum atomic E-state index is 12.1. The van der Waals surface area contributed by atoms with Gasteiger partial charge in [0.25, 0.3) is 20.2 Å². The molecule has 8 saturated heterocycles. The zero-order chi connectivity index (χ0) is 90.8. The standard InChI is InChI=1S/C16H24O8.C15H22O7S.C13H23NO5.C13H20O5S.C12H18O7.C12H18O5/c1-6-15(2,3)13(17)19-7-8-9-10(22-14(18)20-8)11-12(21-9)24-16(4,5)23-11;1-4-15(2,3)14(17)20-7-11(16)21-12-8-5-9-10(6-8)23(18,19)22-13(9)12;1-7-12(2,3)10(15)17-8-13(4)9(14(5)6)18-11(16)19-13;1-4-13(2,3)12(14)17-10-7-5-8-9(6-7)19(15,16)18-11(8)10;1-5-12(2,3)10(14)17-6-7-8(9(13)16-4)19-11(15)18-7;1-4-12(2,3)10(13)16-8-5-7-6-9(8)17-11(14)15-7/h8-12H,6-7H2,1-5H3;8-10,12-13H,4-7H2,1-3H3;9H,7-8H2,1-6H3;7-11H,4-6H2,1-3H3;7-8H,5-6H2,1-4H3;7-9H,4-6H2,1-3H3. The molecule has 0 N–H and O–H groups in total. The molecule has 5 aliphatic carbocycles. The maximum absolute atomic E-state index is 12.1. The van der Waals surface area contributed by atoms with E-state index in [1.807, 2.05) is 83.1 Å². The summed E-state index contributed by atoms with van der Waals surface area (Å²) >= 11 is 0. The molecule has 22 unspecified atom stereocenters. The molecule has 0 aromatic carbocycles. The molecule has 5 saturated carbocycles. The molecule has 121 heavy (non-hydrogen) atoms. The van der Waals surface area contributed by atoms with Gasteiger partial charge >= 0.3 is 72.4 Å². The highest BCUT2D eigenvalue weighted by molar-refractivity contribution is 7.88. The van der Waals surface area contributed by atoms with E-state index in [9.17, 15) is 74.4 Å². The zero-order valence-electron chi connectivity index (χ0n) is 73.8. The van der Waals surface area contributed by atoms with Gasteiger partial charge in [0.2, 0.25) is 12.3 Å². The lowest BCUT2D eigenvalue weighted by Crippen LogP contribution is -2.52. The van der Waals surface area contributed by atoms with Gasteiger partial charge in [0.1, 0.15) is 68.7 Å². The second-order valence-electron chi connectivity index (χ2n) is 37.3. The van der Waals surface area contributed by atoms with Gasteiger partial charge < -0.3 is 90.0 Å². The molecule has 13 fully saturated rings. The first-order chi connectivity index (χ1) is 55.9. The van der Waals surface area contributed by atoms with E-state index in [0.29, 0.717) is 70.6 Å². The summed E-state index contributed by atoms with van der Waals surface area (Å²) in [5.41, 5.74) is -4.45. The normalized spacial score (nSPS) is 33.3. The number of nitrogens with zero attached hydrogens (tertiary/aromatic N) is 1. The largest absolute Gasteiger partial charge is 0.510 e. The number of fused-ring (bicyclic) bond motifs is 7. The zero-order valence-corrected chi connectivity index (χ0v) is 75.4. The van der Waals surface area contributed by atoms with Crippen molar-refractivity contribution < 1.29 is 173 Å². The summed E-state index contributed by atoms with van der Waals surface area (Å²) in [5, 5.41) is -0.813. The number of ether oxygens (including phenoxy) is 19. The molecule has 0 amide bonds. The summed E-state index contributed by atoms with van der Waals surface area (Å²) in [5.74, 6) is -4.15. The average molecular weight is 1770 g/mol. The van der Waals surface area contributed by atoms with Gasteiger partial charge in [-0.25, -0.2) is 28.8 Å². The number of hydrogen-bond acceptors (Lipinski definition) is 38. The first kappa shape index (κ1) is 98.9. The molecule has 40 heteroatoms. The van der Waals surface area contributed by atoms with E-state index in [1.165, 1.54) is 0 Å². The second-order valence-corrected chi connectivity index (χ2v) is 40.8. The van der Waals surface area contributed by atoms with E-state index >= 15 is 0 Å². The van der Waals surface area contributed by atoms with Gasteiger partial charge in [-0.2, -0.15) is 16.8 Å². The van der Waals surface area contributed by atoms with Crippen molar-refractivity contribution in [2.75, 3.05) is 47.6 Å². The molecule has 0 aromatic rings. The minimum absolute atomic E-state index is 0.0130. The van der Waals surface area contributed by atoms with Gasteiger partial charge in [0, 0.05) is 36.5 Å². The summed E-state index contributed by atoms with van der Waals surface area (Å²) in [7, 11) is -2.26. The lowest BCUT2D eigenvalue weighted by Gasteiger charge is -2.34. The molecule has 13 aliphatic rings. The molecule has 8 heterocycles. The Labute approximate surface area is 707 Å². The lowest BCUT2D eigenvalue weighted by atomic mass is 9.89. The number of esters is 8. The number of carbonyl (C=O) groups is 12. The number of hydrogen-bond donors (Lipinski definition) is 0. The highest BCUT2D eigenvalue weighted by Crippen LogP contribution is 2.57. The van der Waals surface area contributed by atoms with E-state index < -0.39 is 192 Å². The molecule has 22 atom stereocenters. The van der Waals surface area contributed by atoms with Crippen LogP contribution >= 0.6 is 0 Å². The van der Waals surface area contributed by atoms with Gasteiger partial charge in [0.15, 0.2) is 48.7 Å². The first-order valence-corrected chi connectivity index (χ1v) is 44.3. The number of rotatable bonds is 25. The minimum atomic E-state index is -3.53. The van der Waals surface area contributed by atoms with Crippen molar-refractivity contribution in [3.05, 3.63) is 0 Å². The van der Waals surface area contributed by atoms with Gasteiger partial charge in [-0.3, -0.25) is 42.0 Å². The molecule has 38 nitrogen and oxygen atoms in total. The van der Waals surface area contributed by atoms with Crippen molar-refractivity contribution in [1.82, 2.24) is 4.90 Å². The third-order valence-electron chi connectivity index (χ3n) is 25.3. The highest BCUT2D eigenvalue weighted by atomic mass is 32.2. The molecular formula is C81H125NO37S2. The molecule has 0 aromatic heterocycles. The van der Waals surface area contributed by atoms with Crippen molar-refractivity contribution in [1.29, 1.82) is 0 Å². The smallest absolute Gasteiger partial charge is 0.466 e. The van der Waals surface area contributed by atoms with E-state index in [1.54, 1.807) is 81.3 Å². The van der Waals surface area contributed by atoms with Gasteiger partial charge in [0.05, 0.1) is 50.1 Å². The number of cyclic esters (lactones) is 5. The number of likely N-dealkylation sites (N-methyl/N-ethyl adjacent to an activating group) is 1. The monoisotopic (exact) mass is 1770 g/mol. The highest BCUT2D eigenvalue weighted by Gasteiger charge is 2.68. The maximum Gasteiger partial charge on any atom is 0.510 e. The predicted octanol–water partition coefficient (Wildman–Crippen LogP) is 9.09. The van der Waals surface area contributed by atoms with Crippen LogP contribution in [-0.4, -0.2) is 256 Å². The van der Waals surface area contributed by atoms with Gasteiger partial charge in [-0.15, -0.1) is 0 Å². The Bertz CT molecular complexity index is 4040. The van der Waals surface area contributed by atoms with Gasteiger partial charge in [-0.05, 0) is 182 Å². The van der Waals surface area contributed by atoms with Crippen LogP contribution in [0.15, 0.2) is 0 Å². The Morgan fingerprint density at radius 2 is 0.893 bits per heavy atom. The van der Waals surface area contributed by atoms with Crippen LogP contribution in [0.2, 0.25) is 0 Å². The van der Waals surface area contributed by atoms with Crippen LogP contribution in [-0.2, 0) is 157 Å². The second kappa shape index (κ2) is 38.1. The number of carbonyl (C=O) groups excluding carboxylic acids is 12. The van der Waals surface area contributed by atoms with Crippen molar-refractivity contribution in [2.24, 2.45) is 56.2 Å². The predicted molar refractivity (Wildman–Crippen MR) is 414 cm³/mol.